The van der Waals surface area contributed by atoms with Gasteiger partial charge in [0.2, 0.25) is 6.29 Å². The third kappa shape index (κ3) is 11.7. The van der Waals surface area contributed by atoms with Crippen molar-refractivity contribution in [3.05, 3.63) is 34.9 Å². The van der Waals surface area contributed by atoms with Crippen molar-refractivity contribution in [3.63, 3.8) is 0 Å². The molecule has 1 aromatic rings. The van der Waals surface area contributed by atoms with Crippen LogP contribution in [0.1, 0.15) is 82.0 Å². The summed E-state index contributed by atoms with van der Waals surface area (Å²) in [6.45, 7) is 6.21. The molecule has 3 aliphatic rings. The number of rotatable bonds is 15. The number of phenolic OH excluding ortho intramolecular Hbond substituents is 2. The minimum absolute atomic E-state index is 0.244. The Hall–Kier alpha value is -5.77. The predicted molar refractivity (Wildman–Crippen MR) is 189 cm³/mol. The molecule has 0 radical (unpaired) electrons. The van der Waals surface area contributed by atoms with Crippen molar-refractivity contribution in [2.24, 2.45) is 5.92 Å². The van der Waals surface area contributed by atoms with Gasteiger partial charge in [0, 0.05) is 65.9 Å². The summed E-state index contributed by atoms with van der Waals surface area (Å²) in [5.74, 6) is -9.85. The molecule has 21 nitrogen and oxygen atoms in total. The lowest BCUT2D eigenvalue weighted by molar-refractivity contribution is -0.457. The highest BCUT2D eigenvalue weighted by Gasteiger charge is 2.55. The van der Waals surface area contributed by atoms with E-state index < -0.39 is 163 Å². The lowest BCUT2D eigenvalue weighted by Gasteiger charge is -2.47. The highest BCUT2D eigenvalue weighted by atomic mass is 17.2. The van der Waals surface area contributed by atoms with E-state index in [4.69, 9.17) is 47.7 Å². The zero-order valence-corrected chi connectivity index (χ0v) is 33.0. The quantitative estimate of drug-likeness (QED) is 0.0820. The average molecular weight is 837 g/mol. The zero-order chi connectivity index (χ0) is 43.9. The normalized spacial score (nSPS) is 27.6. The van der Waals surface area contributed by atoms with Crippen molar-refractivity contribution in [2.45, 2.75) is 116 Å². The second-order valence-electron chi connectivity index (χ2n) is 13.8. The molecule has 59 heavy (non-hydrogen) atoms. The average Bonchev–Trinajstić information content (AvgIpc) is 3.11. The van der Waals surface area contributed by atoms with Crippen molar-refractivity contribution in [1.29, 1.82) is 0 Å². The fourth-order valence-corrected chi connectivity index (χ4v) is 6.94. The minimum atomic E-state index is -1.90. The van der Waals surface area contributed by atoms with E-state index in [-0.39, 0.29) is 5.57 Å². The van der Waals surface area contributed by atoms with E-state index in [9.17, 15) is 53.4 Å². The van der Waals surface area contributed by atoms with Crippen molar-refractivity contribution >= 4 is 53.2 Å². The molecule has 0 saturated carbocycles. The van der Waals surface area contributed by atoms with Gasteiger partial charge in [-0.15, -0.1) is 0 Å². The molecule has 0 unspecified atom stereocenters. The molecule has 2 saturated heterocycles. The highest BCUT2D eigenvalue weighted by molar-refractivity contribution is 6.26. The van der Waals surface area contributed by atoms with Crippen molar-refractivity contribution in [3.8, 4) is 11.5 Å². The topological polar surface area (TPSA) is 286 Å². The van der Waals surface area contributed by atoms with Crippen LogP contribution in [0.15, 0.2) is 23.8 Å². The number of Topliss-reactive ketones (excluding diaryl/α,β-unsaturated/α-hetero) is 2. The molecule has 0 aromatic heterocycles. The van der Waals surface area contributed by atoms with E-state index in [1.807, 2.05) is 0 Å². The number of benzene rings is 1. The van der Waals surface area contributed by atoms with Gasteiger partial charge < -0.3 is 52.9 Å². The summed E-state index contributed by atoms with van der Waals surface area (Å²) < 4.78 is 44.3. The van der Waals surface area contributed by atoms with Crippen molar-refractivity contribution in [1.82, 2.24) is 0 Å². The van der Waals surface area contributed by atoms with Gasteiger partial charge in [-0.2, -0.15) is 4.89 Å². The van der Waals surface area contributed by atoms with Crippen molar-refractivity contribution < 1.29 is 101 Å². The Labute approximate surface area is 336 Å². The van der Waals surface area contributed by atoms with Crippen LogP contribution in [-0.4, -0.2) is 132 Å². The number of carbonyl (C=O) groups is 9. The summed E-state index contributed by atoms with van der Waals surface area (Å²) in [7, 11) is 0. The standard InChI is InChI=1S/C38H44O21/c1-15(39)10-23-33(52-18(4)42)27(12-22-11-26(48)30-24(46)8-9-25(47)31(30)32(22)49)56-28(13-50-16(2)40)34(23)58-59-38-37(55-21(7)45)36(54-20(6)44)35(53-19(5)43)29(57-38)14-51-17(3)41/h8-9,11,23,27-29,33-38,46-47H,10,12-14H2,1-7H3/t23-,27+,28-,29-,33-,34+,35-,36+,37-,38+/m1/s1. The number of carbonyl (C=O) groups excluding carboxylic acids is 9. The van der Waals surface area contributed by atoms with Crippen LogP contribution >= 0.6 is 0 Å². The van der Waals surface area contributed by atoms with Gasteiger partial charge in [0.15, 0.2) is 29.9 Å². The first-order valence-electron chi connectivity index (χ1n) is 18.1. The van der Waals surface area contributed by atoms with Crippen LogP contribution in [0, 0.1) is 5.92 Å². The van der Waals surface area contributed by atoms with Crippen LogP contribution in [0.25, 0.3) is 0 Å². The van der Waals surface area contributed by atoms with Gasteiger partial charge in [-0.1, -0.05) is 0 Å². The van der Waals surface area contributed by atoms with E-state index in [1.165, 1.54) is 6.92 Å². The fourth-order valence-electron chi connectivity index (χ4n) is 6.94. The molecule has 1 aliphatic carbocycles. The third-order valence-corrected chi connectivity index (χ3v) is 9.07. The number of fused-ring (bicyclic) bond motifs is 1. The summed E-state index contributed by atoms with van der Waals surface area (Å²) in [6, 6.07) is 2.06. The number of allylic oxidation sites excluding steroid dienone is 1. The van der Waals surface area contributed by atoms with Crippen LogP contribution in [-0.2, 0) is 81.2 Å². The molecule has 322 valence electrons. The number of hydrogen-bond donors (Lipinski definition) is 2. The number of ether oxygens (including phenoxy) is 8. The molecule has 2 N–H and O–H groups in total. The largest absolute Gasteiger partial charge is 0.507 e. The zero-order valence-electron chi connectivity index (χ0n) is 33.0. The molecule has 0 amide bonds. The Balaban J connectivity index is 1.77. The molecule has 2 heterocycles. The molecule has 2 fully saturated rings. The van der Waals surface area contributed by atoms with E-state index >= 15 is 0 Å². The molecule has 21 heteroatoms. The maximum Gasteiger partial charge on any atom is 0.303 e. The van der Waals surface area contributed by atoms with E-state index in [1.54, 1.807) is 0 Å². The lowest BCUT2D eigenvalue weighted by atomic mass is 9.79. The number of aromatic hydroxyl groups is 2. The number of ketones is 3. The second kappa shape index (κ2) is 19.8. The molecule has 2 aliphatic heterocycles. The first-order chi connectivity index (χ1) is 27.7. The molecule has 1 aromatic carbocycles. The first-order valence-corrected chi connectivity index (χ1v) is 18.1. The molecule has 4 rings (SSSR count). The maximum absolute atomic E-state index is 13.7. The summed E-state index contributed by atoms with van der Waals surface area (Å²) in [5, 5.41) is 20.8. The second-order valence-corrected chi connectivity index (χ2v) is 13.8. The van der Waals surface area contributed by atoms with Crippen LogP contribution in [0.3, 0.4) is 0 Å². The summed E-state index contributed by atoms with van der Waals surface area (Å²) in [6.07, 6.45) is -14.2. The van der Waals surface area contributed by atoms with Crippen LogP contribution < -0.4 is 0 Å². The highest BCUT2D eigenvalue weighted by Crippen LogP contribution is 2.41. The molecular formula is C38H44O21. The van der Waals surface area contributed by atoms with Gasteiger partial charge in [0.05, 0.1) is 17.2 Å². The van der Waals surface area contributed by atoms with Gasteiger partial charge in [-0.25, -0.2) is 4.89 Å². The van der Waals surface area contributed by atoms with Gasteiger partial charge >= 0.3 is 35.8 Å². The number of hydrogen-bond acceptors (Lipinski definition) is 21. The minimum Gasteiger partial charge on any atom is -0.507 e. The molecule has 0 bridgehead atoms. The van der Waals surface area contributed by atoms with E-state index in [0.29, 0.717) is 0 Å². The predicted octanol–water partition coefficient (Wildman–Crippen LogP) is 1.05. The smallest absolute Gasteiger partial charge is 0.303 e. The van der Waals surface area contributed by atoms with Crippen LogP contribution in [0.4, 0.5) is 0 Å². The first kappa shape index (κ1) is 45.9. The maximum atomic E-state index is 13.7. The van der Waals surface area contributed by atoms with E-state index in [0.717, 1.165) is 59.8 Å². The van der Waals surface area contributed by atoms with Gasteiger partial charge in [0.1, 0.15) is 54.9 Å². The molecular weight excluding hydrogens is 792 g/mol. The van der Waals surface area contributed by atoms with E-state index in [2.05, 4.69) is 0 Å². The Morgan fingerprint density at radius 2 is 1.07 bits per heavy atom. The Kier molecular flexibility index (Phi) is 15.4. The summed E-state index contributed by atoms with van der Waals surface area (Å²) in [5.41, 5.74) is -1.16. The Morgan fingerprint density at radius 3 is 1.59 bits per heavy atom. The van der Waals surface area contributed by atoms with Gasteiger partial charge in [0.25, 0.3) is 0 Å². The van der Waals surface area contributed by atoms with Crippen LogP contribution in [0.5, 0.6) is 11.5 Å². The molecule has 0 spiro atoms. The monoisotopic (exact) mass is 836 g/mol. The third-order valence-electron chi connectivity index (χ3n) is 9.07. The summed E-state index contributed by atoms with van der Waals surface area (Å²) in [4.78, 5) is 124. The number of phenols is 2. The van der Waals surface area contributed by atoms with Crippen molar-refractivity contribution in [2.75, 3.05) is 13.2 Å². The fraction of sp³-hybridized carbons (Fsp3) is 0.553. The number of esters is 6. The lowest BCUT2D eigenvalue weighted by Crippen LogP contribution is -2.63. The Morgan fingerprint density at radius 1 is 0.576 bits per heavy atom. The Bertz CT molecular complexity index is 1880. The molecule has 10 atom stereocenters. The van der Waals surface area contributed by atoms with Crippen LogP contribution in [0.2, 0.25) is 0 Å². The SMILES string of the molecule is CC(=O)C[C@@H]1[C@@H](OC(C)=O)[C@H](CC2=CC(=O)c3c(O)ccc(O)c3C2=O)O[C@H](COC(C)=O)[C@H]1OO[C@@H]1O[C@H](COC(C)=O)[C@@H](OC(C)=O)[C@H](OC(C)=O)[C@H]1OC(C)=O. The van der Waals surface area contributed by atoms with Gasteiger partial charge in [-0.05, 0) is 25.1 Å². The van der Waals surface area contributed by atoms with Gasteiger partial charge in [-0.3, -0.25) is 38.4 Å². The summed E-state index contributed by atoms with van der Waals surface area (Å²) >= 11 is 0.